The summed E-state index contributed by atoms with van der Waals surface area (Å²) in [6.07, 6.45) is 0. The van der Waals surface area contributed by atoms with Crippen molar-refractivity contribution in [3.8, 4) is 28.5 Å². The van der Waals surface area contributed by atoms with Crippen molar-refractivity contribution < 1.29 is 4.92 Å². The van der Waals surface area contributed by atoms with E-state index in [2.05, 4.69) is 4.98 Å². The van der Waals surface area contributed by atoms with Crippen LogP contribution in [0.1, 0.15) is 5.56 Å². The Kier molecular flexibility index (Phi) is 4.33. The predicted molar refractivity (Wildman–Crippen MR) is 94.3 cm³/mol. The van der Waals surface area contributed by atoms with Gasteiger partial charge in [0.15, 0.2) is 0 Å². The van der Waals surface area contributed by atoms with Crippen LogP contribution in [0, 0.1) is 21.4 Å². The van der Waals surface area contributed by atoms with Crippen molar-refractivity contribution in [2.45, 2.75) is 0 Å². The molecule has 0 aliphatic rings. The standard InChI is InChI=1S/C18H10ClN3O3/c19-13-6-4-11(5-7-13)15-9-17(21-18(23)16(15)10-20)12-2-1-3-14(8-12)22(24)25/h1-9H,(H,21,23). The first-order chi connectivity index (χ1) is 12.0. The Bertz CT molecular complexity index is 1070. The number of H-pyrrole nitrogens is 1. The second-order valence-electron chi connectivity index (χ2n) is 5.23. The van der Waals surface area contributed by atoms with E-state index in [1.165, 1.54) is 18.2 Å². The smallest absolute Gasteiger partial charge is 0.270 e. The highest BCUT2D eigenvalue weighted by molar-refractivity contribution is 6.30. The summed E-state index contributed by atoms with van der Waals surface area (Å²) in [6.45, 7) is 0. The van der Waals surface area contributed by atoms with Gasteiger partial charge in [-0.2, -0.15) is 5.26 Å². The van der Waals surface area contributed by atoms with Gasteiger partial charge in [0.25, 0.3) is 11.2 Å². The lowest BCUT2D eigenvalue weighted by Crippen LogP contribution is -2.12. The molecule has 1 heterocycles. The van der Waals surface area contributed by atoms with Gasteiger partial charge in [-0.1, -0.05) is 35.9 Å². The highest BCUT2D eigenvalue weighted by Gasteiger charge is 2.14. The monoisotopic (exact) mass is 351 g/mol. The van der Waals surface area contributed by atoms with Crippen LogP contribution in [0.2, 0.25) is 5.02 Å². The Balaban J connectivity index is 2.22. The van der Waals surface area contributed by atoms with E-state index in [1.807, 2.05) is 6.07 Å². The molecule has 0 amide bonds. The van der Waals surface area contributed by atoms with Crippen LogP contribution in [0.25, 0.3) is 22.4 Å². The average Bonchev–Trinajstić information content (AvgIpc) is 2.62. The van der Waals surface area contributed by atoms with E-state index in [0.29, 0.717) is 27.4 Å². The van der Waals surface area contributed by atoms with Crippen LogP contribution in [-0.4, -0.2) is 9.91 Å². The lowest BCUT2D eigenvalue weighted by Gasteiger charge is -2.08. The number of non-ortho nitro benzene ring substituents is 1. The van der Waals surface area contributed by atoms with E-state index in [-0.39, 0.29) is 11.3 Å². The second kappa shape index (κ2) is 6.59. The van der Waals surface area contributed by atoms with Crippen LogP contribution >= 0.6 is 11.6 Å². The Labute approximate surface area is 147 Å². The van der Waals surface area contributed by atoms with Gasteiger partial charge in [0, 0.05) is 34.0 Å². The Morgan fingerprint density at radius 2 is 1.80 bits per heavy atom. The number of aromatic amines is 1. The number of nitrogens with one attached hydrogen (secondary N) is 1. The molecule has 1 N–H and O–H groups in total. The van der Waals surface area contributed by atoms with Gasteiger partial charge in [-0.05, 0) is 23.8 Å². The number of nitrogens with zero attached hydrogens (tertiary/aromatic N) is 2. The Morgan fingerprint density at radius 1 is 1.08 bits per heavy atom. The minimum Gasteiger partial charge on any atom is -0.321 e. The molecule has 0 aliphatic carbocycles. The van der Waals surface area contributed by atoms with Crippen LogP contribution in [0.5, 0.6) is 0 Å². The molecule has 0 saturated carbocycles. The summed E-state index contributed by atoms with van der Waals surface area (Å²) in [7, 11) is 0. The first kappa shape index (κ1) is 16.4. The minimum atomic E-state index is -0.559. The molecule has 2 aromatic carbocycles. The predicted octanol–water partition coefficient (Wildman–Crippen LogP) is 4.14. The summed E-state index contributed by atoms with van der Waals surface area (Å²) in [5, 5.41) is 20.8. The van der Waals surface area contributed by atoms with Gasteiger partial charge < -0.3 is 4.98 Å². The molecule has 0 unspecified atom stereocenters. The van der Waals surface area contributed by atoms with E-state index < -0.39 is 10.5 Å². The third-order valence-electron chi connectivity index (χ3n) is 3.67. The summed E-state index contributed by atoms with van der Waals surface area (Å²) in [5.41, 5.74) is 1.27. The molecule has 1 aromatic heterocycles. The van der Waals surface area contributed by atoms with Crippen LogP contribution in [-0.2, 0) is 0 Å². The zero-order valence-corrected chi connectivity index (χ0v) is 13.4. The molecule has 0 fully saturated rings. The van der Waals surface area contributed by atoms with Crippen molar-refractivity contribution in [3.63, 3.8) is 0 Å². The Hall–Kier alpha value is -3.43. The van der Waals surface area contributed by atoms with Gasteiger partial charge in [0.2, 0.25) is 0 Å². The van der Waals surface area contributed by atoms with Crippen LogP contribution in [0.4, 0.5) is 5.69 Å². The molecular formula is C18H10ClN3O3. The number of benzene rings is 2. The molecule has 25 heavy (non-hydrogen) atoms. The summed E-state index contributed by atoms with van der Waals surface area (Å²) >= 11 is 5.88. The van der Waals surface area contributed by atoms with Crippen molar-refractivity contribution in [2.24, 2.45) is 0 Å². The van der Waals surface area contributed by atoms with Gasteiger partial charge in [-0.3, -0.25) is 14.9 Å². The average molecular weight is 352 g/mol. The fraction of sp³-hybridized carbons (Fsp3) is 0. The van der Waals surface area contributed by atoms with Gasteiger partial charge in [0.1, 0.15) is 11.6 Å². The quantitative estimate of drug-likeness (QED) is 0.566. The van der Waals surface area contributed by atoms with E-state index in [9.17, 15) is 20.2 Å². The molecule has 0 atom stereocenters. The number of hydrogen-bond acceptors (Lipinski definition) is 4. The fourth-order valence-corrected chi connectivity index (χ4v) is 2.60. The van der Waals surface area contributed by atoms with Crippen molar-refractivity contribution in [1.82, 2.24) is 4.98 Å². The van der Waals surface area contributed by atoms with Crippen LogP contribution < -0.4 is 5.56 Å². The lowest BCUT2D eigenvalue weighted by molar-refractivity contribution is -0.384. The first-order valence-electron chi connectivity index (χ1n) is 7.18. The van der Waals surface area contributed by atoms with Gasteiger partial charge in [-0.15, -0.1) is 0 Å². The number of nitro benzene ring substituents is 1. The number of pyridine rings is 1. The van der Waals surface area contributed by atoms with Crippen LogP contribution in [0.15, 0.2) is 59.4 Å². The summed E-state index contributed by atoms with van der Waals surface area (Å²) in [6, 6.07) is 16.2. The Morgan fingerprint density at radius 3 is 2.44 bits per heavy atom. The highest BCUT2D eigenvalue weighted by Crippen LogP contribution is 2.28. The van der Waals surface area contributed by atoms with Crippen molar-refractivity contribution in [1.29, 1.82) is 5.26 Å². The molecule has 0 spiro atoms. The molecule has 7 heteroatoms. The van der Waals surface area contributed by atoms with Gasteiger partial charge in [-0.25, -0.2) is 0 Å². The molecule has 0 radical (unpaired) electrons. The zero-order valence-electron chi connectivity index (χ0n) is 12.7. The SMILES string of the molecule is N#Cc1c(-c2ccc(Cl)cc2)cc(-c2cccc([N+](=O)[O-])c2)[nH]c1=O. The molecule has 122 valence electrons. The molecule has 3 aromatic rings. The molecule has 0 saturated heterocycles. The molecular weight excluding hydrogens is 342 g/mol. The summed E-state index contributed by atoms with van der Waals surface area (Å²) < 4.78 is 0. The number of halogens is 1. The maximum atomic E-state index is 12.3. The van der Waals surface area contributed by atoms with Crippen molar-refractivity contribution in [2.75, 3.05) is 0 Å². The minimum absolute atomic E-state index is 0.0310. The third kappa shape index (κ3) is 3.27. The van der Waals surface area contributed by atoms with E-state index in [1.54, 1.807) is 36.4 Å². The van der Waals surface area contributed by atoms with E-state index >= 15 is 0 Å². The van der Waals surface area contributed by atoms with Crippen LogP contribution in [0.3, 0.4) is 0 Å². The summed E-state index contributed by atoms with van der Waals surface area (Å²) in [5.74, 6) is 0. The topological polar surface area (TPSA) is 99.8 Å². The molecule has 3 rings (SSSR count). The largest absolute Gasteiger partial charge is 0.321 e. The molecule has 0 bridgehead atoms. The number of nitro groups is 1. The van der Waals surface area contributed by atoms with E-state index in [4.69, 9.17) is 11.6 Å². The maximum absolute atomic E-state index is 12.3. The van der Waals surface area contributed by atoms with Gasteiger partial charge >= 0.3 is 0 Å². The highest BCUT2D eigenvalue weighted by atomic mass is 35.5. The first-order valence-corrected chi connectivity index (χ1v) is 7.55. The molecule has 6 nitrogen and oxygen atoms in total. The lowest BCUT2D eigenvalue weighted by atomic mass is 9.99. The number of rotatable bonds is 3. The maximum Gasteiger partial charge on any atom is 0.270 e. The van der Waals surface area contributed by atoms with Crippen molar-refractivity contribution >= 4 is 17.3 Å². The summed E-state index contributed by atoms with van der Waals surface area (Å²) in [4.78, 5) is 25.3. The second-order valence-corrected chi connectivity index (χ2v) is 5.66. The molecule has 0 aliphatic heterocycles. The number of hydrogen-bond donors (Lipinski definition) is 1. The zero-order chi connectivity index (χ0) is 18.0. The number of aromatic nitrogens is 1. The van der Waals surface area contributed by atoms with Gasteiger partial charge in [0.05, 0.1) is 4.92 Å². The third-order valence-corrected chi connectivity index (χ3v) is 3.92. The van der Waals surface area contributed by atoms with E-state index in [0.717, 1.165) is 0 Å². The number of nitriles is 1. The normalized spacial score (nSPS) is 10.2. The van der Waals surface area contributed by atoms with Crippen molar-refractivity contribution in [3.05, 3.63) is 85.7 Å². The fourth-order valence-electron chi connectivity index (χ4n) is 2.47.